The first-order chi connectivity index (χ1) is 10.4. The van der Waals surface area contributed by atoms with Crippen molar-refractivity contribution in [3.63, 3.8) is 0 Å². The van der Waals surface area contributed by atoms with Crippen molar-refractivity contribution < 1.29 is 13.2 Å². The second-order valence-electron chi connectivity index (χ2n) is 5.58. The van der Waals surface area contributed by atoms with Crippen LogP contribution >= 0.6 is 0 Å². The van der Waals surface area contributed by atoms with E-state index in [1.807, 2.05) is 37.3 Å². The minimum absolute atomic E-state index is 0.131. The van der Waals surface area contributed by atoms with Crippen molar-refractivity contribution in [2.75, 3.05) is 7.05 Å². The van der Waals surface area contributed by atoms with Crippen LogP contribution in [0.2, 0.25) is 0 Å². The van der Waals surface area contributed by atoms with Crippen LogP contribution < -0.4 is 0 Å². The van der Waals surface area contributed by atoms with Crippen LogP contribution in [-0.2, 0) is 10.0 Å². The normalized spacial score (nSPS) is 16.5. The van der Waals surface area contributed by atoms with Crippen molar-refractivity contribution in [3.8, 4) is 0 Å². The van der Waals surface area contributed by atoms with Crippen LogP contribution in [0.4, 0.5) is 0 Å². The maximum atomic E-state index is 12.6. The molecular formula is C17H13NO3S. The Kier molecular flexibility index (Phi) is 2.46. The van der Waals surface area contributed by atoms with Gasteiger partial charge in [-0.2, -0.15) is 0 Å². The zero-order valence-corrected chi connectivity index (χ0v) is 12.9. The van der Waals surface area contributed by atoms with Crippen LogP contribution in [0.5, 0.6) is 0 Å². The molecule has 5 heteroatoms. The fraction of sp³-hybridized carbons (Fsp3) is 0.118. The van der Waals surface area contributed by atoms with Crippen molar-refractivity contribution in [1.82, 2.24) is 4.31 Å². The van der Waals surface area contributed by atoms with Crippen LogP contribution in [0.3, 0.4) is 0 Å². The summed E-state index contributed by atoms with van der Waals surface area (Å²) in [5.74, 6) is -0.463. The zero-order valence-electron chi connectivity index (χ0n) is 12.1. The number of nitrogens with zero attached hydrogens (tertiary/aromatic N) is 1. The van der Waals surface area contributed by atoms with E-state index in [9.17, 15) is 13.2 Å². The molecule has 110 valence electrons. The molecule has 22 heavy (non-hydrogen) atoms. The molecule has 0 bridgehead atoms. The van der Waals surface area contributed by atoms with Gasteiger partial charge < -0.3 is 0 Å². The number of hydrogen-bond acceptors (Lipinski definition) is 3. The maximum Gasteiger partial charge on any atom is 0.269 e. The maximum absolute atomic E-state index is 12.6. The number of carbonyl (C=O) groups excluding carboxylic acids is 1. The molecule has 1 aliphatic heterocycles. The first kappa shape index (κ1) is 13.3. The Balaban J connectivity index is 2.39. The van der Waals surface area contributed by atoms with Gasteiger partial charge in [0.25, 0.3) is 15.9 Å². The number of rotatable bonds is 0. The lowest BCUT2D eigenvalue weighted by Gasteiger charge is -2.10. The Morgan fingerprint density at radius 2 is 1.59 bits per heavy atom. The van der Waals surface area contributed by atoms with Gasteiger partial charge in [-0.25, -0.2) is 12.7 Å². The molecule has 1 aliphatic rings. The van der Waals surface area contributed by atoms with E-state index >= 15 is 0 Å². The molecule has 0 unspecified atom stereocenters. The quantitative estimate of drug-likeness (QED) is 0.600. The Labute approximate surface area is 128 Å². The first-order valence-corrected chi connectivity index (χ1v) is 8.35. The third kappa shape index (κ3) is 1.46. The largest absolute Gasteiger partial charge is 0.269 e. The second-order valence-corrected chi connectivity index (χ2v) is 7.48. The highest BCUT2D eigenvalue weighted by Gasteiger charge is 2.41. The Bertz CT molecular complexity index is 1080. The third-order valence-electron chi connectivity index (χ3n) is 4.25. The summed E-state index contributed by atoms with van der Waals surface area (Å²) in [7, 11) is -2.47. The summed E-state index contributed by atoms with van der Waals surface area (Å²) in [5.41, 5.74) is 1.36. The monoisotopic (exact) mass is 311 g/mol. The van der Waals surface area contributed by atoms with E-state index in [4.69, 9.17) is 0 Å². The molecule has 0 N–H and O–H groups in total. The van der Waals surface area contributed by atoms with Gasteiger partial charge in [0.2, 0.25) is 0 Å². The fourth-order valence-electron chi connectivity index (χ4n) is 3.16. The number of sulfonamides is 1. The molecule has 0 radical (unpaired) electrons. The molecule has 1 heterocycles. The van der Waals surface area contributed by atoms with Gasteiger partial charge in [0.1, 0.15) is 4.90 Å². The summed E-state index contributed by atoms with van der Waals surface area (Å²) in [6, 6.07) is 13.1. The number of carbonyl (C=O) groups is 1. The number of amides is 1. The molecule has 4 rings (SSSR count). The van der Waals surface area contributed by atoms with E-state index in [0.717, 1.165) is 20.6 Å². The number of aryl methyl sites for hydroxylation is 1. The summed E-state index contributed by atoms with van der Waals surface area (Å²) in [5, 5.41) is 3.06. The second kappa shape index (κ2) is 4.08. The van der Waals surface area contributed by atoms with Gasteiger partial charge in [-0.15, -0.1) is 0 Å². The molecule has 4 nitrogen and oxygen atoms in total. The van der Waals surface area contributed by atoms with Crippen LogP contribution in [-0.4, -0.2) is 25.7 Å². The molecule has 0 saturated heterocycles. The predicted molar refractivity (Wildman–Crippen MR) is 85.5 cm³/mol. The SMILES string of the molecule is Cc1ccc2c3c(c4ccccc4c2c1)S(=O)(=O)N(C)C3=O. The van der Waals surface area contributed by atoms with Crippen molar-refractivity contribution >= 4 is 37.5 Å². The van der Waals surface area contributed by atoms with E-state index < -0.39 is 15.9 Å². The van der Waals surface area contributed by atoms with Crippen molar-refractivity contribution in [1.29, 1.82) is 0 Å². The van der Waals surface area contributed by atoms with Crippen LogP contribution in [0.1, 0.15) is 15.9 Å². The van der Waals surface area contributed by atoms with E-state index in [1.165, 1.54) is 7.05 Å². The van der Waals surface area contributed by atoms with Gasteiger partial charge >= 0.3 is 0 Å². The topological polar surface area (TPSA) is 54.5 Å². The molecule has 0 saturated carbocycles. The summed E-state index contributed by atoms with van der Waals surface area (Å²) in [6.07, 6.45) is 0. The molecule has 0 spiro atoms. The minimum atomic E-state index is -3.78. The van der Waals surface area contributed by atoms with E-state index in [-0.39, 0.29) is 10.5 Å². The van der Waals surface area contributed by atoms with Gasteiger partial charge in [0.05, 0.1) is 5.56 Å². The van der Waals surface area contributed by atoms with Crippen molar-refractivity contribution in [3.05, 3.63) is 53.6 Å². The molecule has 1 amide bonds. The van der Waals surface area contributed by atoms with E-state index in [1.54, 1.807) is 12.1 Å². The smallest absolute Gasteiger partial charge is 0.268 e. The predicted octanol–water partition coefficient (Wildman–Crippen LogP) is 3.08. The Hall–Kier alpha value is -2.40. The highest BCUT2D eigenvalue weighted by molar-refractivity contribution is 7.90. The third-order valence-corrected chi connectivity index (χ3v) is 6.08. The van der Waals surface area contributed by atoms with Crippen LogP contribution in [0.15, 0.2) is 47.4 Å². The lowest BCUT2D eigenvalue weighted by atomic mass is 9.95. The van der Waals surface area contributed by atoms with Crippen molar-refractivity contribution in [2.45, 2.75) is 11.8 Å². The lowest BCUT2D eigenvalue weighted by Crippen LogP contribution is -2.24. The summed E-state index contributed by atoms with van der Waals surface area (Å²) < 4.78 is 26.1. The van der Waals surface area contributed by atoms with Gasteiger partial charge in [-0.05, 0) is 23.1 Å². The highest BCUT2D eigenvalue weighted by Crippen LogP contribution is 2.41. The van der Waals surface area contributed by atoms with Crippen LogP contribution in [0, 0.1) is 6.92 Å². The fourth-order valence-corrected chi connectivity index (χ4v) is 4.65. The summed E-state index contributed by atoms with van der Waals surface area (Å²) in [4.78, 5) is 12.6. The van der Waals surface area contributed by atoms with Crippen LogP contribution in [0.25, 0.3) is 21.5 Å². The van der Waals surface area contributed by atoms with Gasteiger partial charge in [0.15, 0.2) is 0 Å². The molecule has 0 aromatic heterocycles. The average molecular weight is 311 g/mol. The first-order valence-electron chi connectivity index (χ1n) is 6.91. The van der Waals surface area contributed by atoms with Gasteiger partial charge in [0, 0.05) is 12.4 Å². The molecule has 3 aromatic carbocycles. The summed E-state index contributed by atoms with van der Waals surface area (Å²) in [6.45, 7) is 1.98. The molecule has 0 fully saturated rings. The molecule has 3 aromatic rings. The average Bonchev–Trinajstić information content (AvgIpc) is 2.68. The Morgan fingerprint density at radius 3 is 2.32 bits per heavy atom. The van der Waals surface area contributed by atoms with Crippen molar-refractivity contribution in [2.24, 2.45) is 0 Å². The van der Waals surface area contributed by atoms with E-state index in [0.29, 0.717) is 10.8 Å². The zero-order chi connectivity index (χ0) is 15.6. The molecule has 0 atom stereocenters. The molecule has 0 aliphatic carbocycles. The highest BCUT2D eigenvalue weighted by atomic mass is 32.2. The minimum Gasteiger partial charge on any atom is -0.268 e. The van der Waals surface area contributed by atoms with E-state index in [2.05, 4.69) is 0 Å². The molecular weight excluding hydrogens is 298 g/mol. The lowest BCUT2D eigenvalue weighted by molar-refractivity contribution is 0.0893. The Morgan fingerprint density at radius 1 is 0.909 bits per heavy atom. The number of fused-ring (bicyclic) bond motifs is 6. The summed E-state index contributed by atoms with van der Waals surface area (Å²) >= 11 is 0. The number of benzene rings is 3. The number of hydrogen-bond donors (Lipinski definition) is 0. The van der Waals surface area contributed by atoms with Gasteiger partial charge in [-0.1, -0.05) is 48.0 Å². The van der Waals surface area contributed by atoms with Gasteiger partial charge in [-0.3, -0.25) is 4.79 Å². The standard InChI is InChI=1S/C17H13NO3S/c1-10-7-8-12-14(9-10)11-5-3-4-6-13(11)16-15(12)17(19)18(2)22(16,20)21/h3-9H,1-2H3.